The molecule has 0 spiro atoms. The zero-order valence-corrected chi connectivity index (χ0v) is 13.3. The molecule has 0 radical (unpaired) electrons. The lowest BCUT2D eigenvalue weighted by atomic mass is 10.1. The largest absolute Gasteiger partial charge is 0.332 e. The van der Waals surface area contributed by atoms with Crippen molar-refractivity contribution < 1.29 is 4.79 Å². The molecule has 0 aliphatic heterocycles. The molecule has 7 heteroatoms. The first-order chi connectivity index (χ1) is 10.5. The number of carbonyl (C=O) groups excluding carboxylic acids is 1. The molecular formula is C15H22N4O3. The van der Waals surface area contributed by atoms with Crippen LogP contribution in [0.3, 0.4) is 0 Å². The number of nitrogens with zero attached hydrogens (tertiary/aromatic N) is 4. The number of carbonyl (C=O) groups is 1. The number of unbranched alkanes of at least 4 members (excludes halogenated alkanes) is 1. The van der Waals surface area contributed by atoms with E-state index in [1.54, 1.807) is 17.9 Å². The first-order valence-corrected chi connectivity index (χ1v) is 7.67. The van der Waals surface area contributed by atoms with Crippen molar-refractivity contribution in [3.05, 3.63) is 27.2 Å². The highest BCUT2D eigenvalue weighted by molar-refractivity contribution is 5.77. The molecule has 0 N–H and O–H groups in total. The normalized spacial score (nSPS) is 11.2. The van der Waals surface area contributed by atoms with Gasteiger partial charge < -0.3 is 4.57 Å². The van der Waals surface area contributed by atoms with Crippen LogP contribution in [0.4, 0.5) is 0 Å². The van der Waals surface area contributed by atoms with Crippen LogP contribution in [-0.2, 0) is 24.9 Å². The van der Waals surface area contributed by atoms with Crippen molar-refractivity contribution >= 4 is 16.9 Å². The summed E-state index contributed by atoms with van der Waals surface area (Å²) in [5.41, 5.74) is 0.198. The minimum Gasteiger partial charge on any atom is -0.325 e. The van der Waals surface area contributed by atoms with Crippen LogP contribution in [0.15, 0.2) is 15.9 Å². The Bertz CT molecular complexity index is 797. The number of aromatic nitrogens is 4. The standard InChI is InChI=1S/C15H22N4O3/c1-4-11(20)8-6-7-9-19-14(21)12-13(17(3)15(19)22)16-10-18(12)5-2/h10H,4-9H2,1-3H3. The average molecular weight is 306 g/mol. The molecule has 2 aromatic heterocycles. The zero-order valence-electron chi connectivity index (χ0n) is 13.3. The van der Waals surface area contributed by atoms with E-state index in [4.69, 9.17) is 0 Å². The third kappa shape index (κ3) is 2.88. The van der Waals surface area contributed by atoms with Gasteiger partial charge in [-0.15, -0.1) is 0 Å². The summed E-state index contributed by atoms with van der Waals surface area (Å²) >= 11 is 0. The summed E-state index contributed by atoms with van der Waals surface area (Å²) in [5.74, 6) is 0.208. The van der Waals surface area contributed by atoms with E-state index in [0.717, 1.165) is 0 Å². The van der Waals surface area contributed by atoms with E-state index >= 15 is 0 Å². The van der Waals surface area contributed by atoms with Crippen LogP contribution < -0.4 is 11.2 Å². The first kappa shape index (κ1) is 16.2. The smallest absolute Gasteiger partial charge is 0.325 e. The molecule has 0 aromatic carbocycles. The lowest BCUT2D eigenvalue weighted by Crippen LogP contribution is -2.39. The summed E-state index contributed by atoms with van der Waals surface area (Å²) in [7, 11) is 1.62. The van der Waals surface area contributed by atoms with Crippen LogP contribution in [0, 0.1) is 0 Å². The van der Waals surface area contributed by atoms with E-state index in [9.17, 15) is 14.4 Å². The maximum atomic E-state index is 12.5. The fraction of sp³-hybridized carbons (Fsp3) is 0.600. The highest BCUT2D eigenvalue weighted by Crippen LogP contribution is 2.06. The molecule has 0 saturated heterocycles. The van der Waals surface area contributed by atoms with Crippen LogP contribution >= 0.6 is 0 Å². The summed E-state index contributed by atoms with van der Waals surface area (Å²) in [5, 5.41) is 0. The number of hydrogen-bond acceptors (Lipinski definition) is 4. The van der Waals surface area contributed by atoms with E-state index in [0.29, 0.717) is 49.9 Å². The average Bonchev–Trinajstić information content (AvgIpc) is 2.95. The molecule has 0 aliphatic carbocycles. The fourth-order valence-electron chi connectivity index (χ4n) is 2.53. The van der Waals surface area contributed by atoms with Crippen molar-refractivity contribution in [2.75, 3.05) is 0 Å². The number of aryl methyl sites for hydroxylation is 2. The predicted molar refractivity (Wildman–Crippen MR) is 84.1 cm³/mol. The lowest BCUT2D eigenvalue weighted by molar-refractivity contribution is -0.118. The van der Waals surface area contributed by atoms with E-state index in [2.05, 4.69) is 4.98 Å². The summed E-state index contributed by atoms with van der Waals surface area (Å²) < 4.78 is 4.39. The minimum atomic E-state index is -0.360. The van der Waals surface area contributed by atoms with Crippen LogP contribution in [0.2, 0.25) is 0 Å². The SMILES string of the molecule is CCC(=O)CCCCn1c(=O)c2c(ncn2CC)n(C)c1=O. The molecular weight excluding hydrogens is 284 g/mol. The van der Waals surface area contributed by atoms with Gasteiger partial charge in [0.05, 0.1) is 6.33 Å². The Morgan fingerprint density at radius 3 is 2.59 bits per heavy atom. The molecule has 0 aliphatic rings. The summed E-state index contributed by atoms with van der Waals surface area (Å²) in [4.78, 5) is 40.3. The number of Topliss-reactive ketones (excluding diaryl/α,β-unsaturated/α-hetero) is 1. The van der Waals surface area contributed by atoms with Gasteiger partial charge >= 0.3 is 5.69 Å². The topological polar surface area (TPSA) is 78.9 Å². The van der Waals surface area contributed by atoms with E-state index in [1.807, 2.05) is 13.8 Å². The van der Waals surface area contributed by atoms with Gasteiger partial charge in [0, 0.05) is 33.0 Å². The Labute approximate surface area is 128 Å². The molecule has 2 aromatic rings. The molecule has 2 heterocycles. The number of ketones is 1. The van der Waals surface area contributed by atoms with Gasteiger partial charge in [0.2, 0.25) is 0 Å². The predicted octanol–water partition coefficient (Wildman–Crippen LogP) is 1.07. The van der Waals surface area contributed by atoms with Gasteiger partial charge in [-0.1, -0.05) is 6.92 Å². The number of imidazole rings is 1. The van der Waals surface area contributed by atoms with Gasteiger partial charge in [0.15, 0.2) is 11.2 Å². The second-order valence-electron chi connectivity index (χ2n) is 5.35. The second kappa shape index (κ2) is 6.72. The third-order valence-corrected chi connectivity index (χ3v) is 3.92. The molecule has 120 valence electrons. The Morgan fingerprint density at radius 2 is 1.95 bits per heavy atom. The quantitative estimate of drug-likeness (QED) is 0.717. The van der Waals surface area contributed by atoms with Crippen molar-refractivity contribution in [1.29, 1.82) is 0 Å². The fourth-order valence-corrected chi connectivity index (χ4v) is 2.53. The summed E-state index contributed by atoms with van der Waals surface area (Å²) in [6, 6.07) is 0. The lowest BCUT2D eigenvalue weighted by Gasteiger charge is -2.09. The van der Waals surface area contributed by atoms with Gasteiger partial charge in [0.1, 0.15) is 5.78 Å². The van der Waals surface area contributed by atoms with Crippen molar-refractivity contribution in [3.63, 3.8) is 0 Å². The molecule has 22 heavy (non-hydrogen) atoms. The van der Waals surface area contributed by atoms with Crippen molar-refractivity contribution in [2.45, 2.75) is 52.6 Å². The van der Waals surface area contributed by atoms with Crippen LogP contribution in [-0.4, -0.2) is 24.5 Å². The van der Waals surface area contributed by atoms with Gasteiger partial charge in [-0.3, -0.25) is 18.7 Å². The van der Waals surface area contributed by atoms with Crippen molar-refractivity contribution in [3.8, 4) is 0 Å². The molecule has 0 amide bonds. The molecule has 0 bridgehead atoms. The summed E-state index contributed by atoms with van der Waals surface area (Å²) in [6.07, 6.45) is 3.93. The Balaban J connectivity index is 2.32. The van der Waals surface area contributed by atoms with Crippen molar-refractivity contribution in [1.82, 2.24) is 18.7 Å². The molecule has 7 nitrogen and oxygen atoms in total. The Kier molecular flexibility index (Phi) is 4.95. The molecule has 0 unspecified atom stereocenters. The molecule has 0 saturated carbocycles. The number of fused-ring (bicyclic) bond motifs is 1. The Hall–Kier alpha value is -2.18. The van der Waals surface area contributed by atoms with Crippen LogP contribution in [0.25, 0.3) is 11.2 Å². The van der Waals surface area contributed by atoms with Crippen molar-refractivity contribution in [2.24, 2.45) is 7.05 Å². The second-order valence-corrected chi connectivity index (χ2v) is 5.35. The van der Waals surface area contributed by atoms with Gasteiger partial charge in [-0.25, -0.2) is 9.78 Å². The van der Waals surface area contributed by atoms with Gasteiger partial charge in [0.25, 0.3) is 5.56 Å². The number of hydrogen-bond donors (Lipinski definition) is 0. The van der Waals surface area contributed by atoms with Gasteiger partial charge in [-0.05, 0) is 19.8 Å². The maximum absolute atomic E-state index is 12.5. The summed E-state index contributed by atoms with van der Waals surface area (Å²) in [6.45, 7) is 4.71. The third-order valence-electron chi connectivity index (χ3n) is 3.92. The van der Waals surface area contributed by atoms with Crippen LogP contribution in [0.5, 0.6) is 0 Å². The highest BCUT2D eigenvalue weighted by atomic mass is 16.2. The van der Waals surface area contributed by atoms with E-state index in [-0.39, 0.29) is 17.0 Å². The first-order valence-electron chi connectivity index (χ1n) is 7.67. The molecule has 0 atom stereocenters. The van der Waals surface area contributed by atoms with Gasteiger partial charge in [-0.2, -0.15) is 0 Å². The van der Waals surface area contributed by atoms with E-state index in [1.165, 1.54) is 9.13 Å². The Morgan fingerprint density at radius 1 is 1.23 bits per heavy atom. The highest BCUT2D eigenvalue weighted by Gasteiger charge is 2.15. The zero-order chi connectivity index (χ0) is 16.3. The van der Waals surface area contributed by atoms with E-state index < -0.39 is 0 Å². The number of rotatable bonds is 7. The molecule has 0 fully saturated rings. The monoisotopic (exact) mass is 306 g/mol. The minimum absolute atomic E-state index is 0.208. The maximum Gasteiger partial charge on any atom is 0.332 e. The molecule has 2 rings (SSSR count). The van der Waals surface area contributed by atoms with Crippen LogP contribution in [0.1, 0.15) is 39.5 Å².